The standard InChI is InChI=1S/C16H21NO3/c1-20-13-6-2-4-11(8-13)14-9-15(14)16(19)17-7-3-5-12(18)10-17/h2,4,6,8,12,14-15,18H,3,5,7,9-10H2,1H3. The second-order valence-electron chi connectivity index (χ2n) is 5.81. The molecule has 1 N–H and O–H groups in total. The molecule has 1 heterocycles. The Balaban J connectivity index is 1.64. The van der Waals surface area contributed by atoms with Crippen molar-refractivity contribution in [3.63, 3.8) is 0 Å². The number of benzene rings is 1. The van der Waals surface area contributed by atoms with E-state index in [1.54, 1.807) is 7.11 Å². The van der Waals surface area contributed by atoms with Gasteiger partial charge in [-0.15, -0.1) is 0 Å². The average molecular weight is 275 g/mol. The van der Waals surface area contributed by atoms with Gasteiger partial charge in [-0.3, -0.25) is 4.79 Å². The molecule has 3 rings (SSSR count). The van der Waals surface area contributed by atoms with E-state index in [0.717, 1.165) is 31.6 Å². The third kappa shape index (κ3) is 2.66. The number of piperidine rings is 1. The van der Waals surface area contributed by atoms with Crippen LogP contribution in [0.1, 0.15) is 30.7 Å². The molecule has 3 unspecified atom stereocenters. The first-order chi connectivity index (χ1) is 9.69. The van der Waals surface area contributed by atoms with Gasteiger partial charge in [0.1, 0.15) is 5.75 Å². The van der Waals surface area contributed by atoms with Gasteiger partial charge in [0.25, 0.3) is 0 Å². The predicted molar refractivity (Wildman–Crippen MR) is 75.7 cm³/mol. The molecule has 1 aliphatic heterocycles. The largest absolute Gasteiger partial charge is 0.497 e. The van der Waals surface area contributed by atoms with E-state index < -0.39 is 0 Å². The highest BCUT2D eigenvalue weighted by molar-refractivity contribution is 5.83. The molecule has 20 heavy (non-hydrogen) atoms. The highest BCUT2D eigenvalue weighted by Gasteiger charge is 2.46. The summed E-state index contributed by atoms with van der Waals surface area (Å²) in [4.78, 5) is 14.3. The summed E-state index contributed by atoms with van der Waals surface area (Å²) in [5.74, 6) is 1.45. The smallest absolute Gasteiger partial charge is 0.226 e. The first kappa shape index (κ1) is 13.4. The molecule has 2 aliphatic rings. The Hall–Kier alpha value is -1.55. The number of β-amino-alcohol motifs (C(OH)–C–C–N with tert-alkyl or cyclic N) is 1. The van der Waals surface area contributed by atoms with E-state index >= 15 is 0 Å². The van der Waals surface area contributed by atoms with Crippen LogP contribution in [-0.2, 0) is 4.79 Å². The lowest BCUT2D eigenvalue weighted by atomic mass is 10.1. The van der Waals surface area contributed by atoms with Crippen LogP contribution in [0, 0.1) is 5.92 Å². The quantitative estimate of drug-likeness (QED) is 0.915. The second kappa shape index (κ2) is 5.44. The van der Waals surface area contributed by atoms with Crippen molar-refractivity contribution in [2.24, 2.45) is 5.92 Å². The van der Waals surface area contributed by atoms with Crippen molar-refractivity contribution >= 4 is 5.91 Å². The molecule has 3 atom stereocenters. The maximum atomic E-state index is 12.4. The number of hydrogen-bond acceptors (Lipinski definition) is 3. The fourth-order valence-corrected chi connectivity index (χ4v) is 3.10. The Kier molecular flexibility index (Phi) is 3.66. The molecule has 4 heteroatoms. The number of hydrogen-bond donors (Lipinski definition) is 1. The third-order valence-corrected chi connectivity index (χ3v) is 4.34. The van der Waals surface area contributed by atoms with Crippen LogP contribution in [0.3, 0.4) is 0 Å². The van der Waals surface area contributed by atoms with Crippen LogP contribution in [0.15, 0.2) is 24.3 Å². The predicted octanol–water partition coefficient (Wildman–Crippen LogP) is 1.78. The van der Waals surface area contributed by atoms with Gasteiger partial charge in [0, 0.05) is 19.0 Å². The lowest BCUT2D eigenvalue weighted by molar-refractivity contribution is -0.135. The van der Waals surface area contributed by atoms with Crippen LogP contribution >= 0.6 is 0 Å². The normalized spacial score (nSPS) is 29.1. The van der Waals surface area contributed by atoms with Crippen molar-refractivity contribution < 1.29 is 14.6 Å². The highest BCUT2D eigenvalue weighted by Crippen LogP contribution is 2.49. The maximum absolute atomic E-state index is 12.4. The Bertz CT molecular complexity index is 502. The van der Waals surface area contributed by atoms with Crippen LogP contribution in [0.25, 0.3) is 0 Å². The highest BCUT2D eigenvalue weighted by atomic mass is 16.5. The molecule has 2 fully saturated rings. The van der Waals surface area contributed by atoms with Crippen LogP contribution in [-0.4, -0.2) is 42.2 Å². The van der Waals surface area contributed by atoms with Crippen molar-refractivity contribution in [1.82, 2.24) is 4.90 Å². The van der Waals surface area contributed by atoms with Crippen molar-refractivity contribution in [2.75, 3.05) is 20.2 Å². The summed E-state index contributed by atoms with van der Waals surface area (Å²) >= 11 is 0. The molecule has 0 spiro atoms. The van der Waals surface area contributed by atoms with Gasteiger partial charge in [-0.25, -0.2) is 0 Å². The van der Waals surface area contributed by atoms with Gasteiger partial charge in [0.15, 0.2) is 0 Å². The van der Waals surface area contributed by atoms with Crippen molar-refractivity contribution in [3.05, 3.63) is 29.8 Å². The zero-order chi connectivity index (χ0) is 14.1. The molecule has 0 aromatic heterocycles. The van der Waals surface area contributed by atoms with Crippen LogP contribution in [0.2, 0.25) is 0 Å². The summed E-state index contributed by atoms with van der Waals surface area (Å²) in [7, 11) is 1.66. The van der Waals surface area contributed by atoms with Gasteiger partial charge < -0.3 is 14.7 Å². The van der Waals surface area contributed by atoms with E-state index in [2.05, 4.69) is 6.07 Å². The fourth-order valence-electron chi connectivity index (χ4n) is 3.10. The number of amides is 1. The maximum Gasteiger partial charge on any atom is 0.226 e. The van der Waals surface area contributed by atoms with Gasteiger partial charge in [-0.05, 0) is 42.9 Å². The molecule has 4 nitrogen and oxygen atoms in total. The number of nitrogens with zero attached hydrogens (tertiary/aromatic N) is 1. The molecular weight excluding hydrogens is 254 g/mol. The topological polar surface area (TPSA) is 49.8 Å². The number of carbonyl (C=O) groups is 1. The average Bonchev–Trinajstić information content (AvgIpc) is 3.27. The Morgan fingerprint density at radius 2 is 2.30 bits per heavy atom. The van der Waals surface area contributed by atoms with Crippen molar-refractivity contribution in [3.8, 4) is 5.75 Å². The van der Waals surface area contributed by atoms with E-state index in [1.807, 2.05) is 23.1 Å². The molecular formula is C16H21NO3. The first-order valence-electron chi connectivity index (χ1n) is 7.30. The van der Waals surface area contributed by atoms with Crippen LogP contribution < -0.4 is 4.74 Å². The summed E-state index contributed by atoms with van der Waals surface area (Å²) in [6, 6.07) is 7.97. The number of methoxy groups -OCH3 is 1. The van der Waals surface area contributed by atoms with E-state index in [0.29, 0.717) is 12.5 Å². The minimum Gasteiger partial charge on any atom is -0.497 e. The van der Waals surface area contributed by atoms with E-state index in [9.17, 15) is 9.90 Å². The lowest BCUT2D eigenvalue weighted by Gasteiger charge is -2.30. The van der Waals surface area contributed by atoms with Gasteiger partial charge in [0.2, 0.25) is 5.91 Å². The van der Waals surface area contributed by atoms with Crippen molar-refractivity contribution in [2.45, 2.75) is 31.3 Å². The van der Waals surface area contributed by atoms with E-state index in [4.69, 9.17) is 4.74 Å². The van der Waals surface area contributed by atoms with E-state index in [1.165, 1.54) is 5.56 Å². The fraction of sp³-hybridized carbons (Fsp3) is 0.562. The first-order valence-corrected chi connectivity index (χ1v) is 7.30. The molecule has 1 aromatic rings. The molecule has 1 saturated heterocycles. The summed E-state index contributed by atoms with van der Waals surface area (Å²) in [5.41, 5.74) is 1.18. The molecule has 1 saturated carbocycles. The van der Waals surface area contributed by atoms with Gasteiger partial charge in [-0.1, -0.05) is 12.1 Å². The summed E-state index contributed by atoms with van der Waals surface area (Å²) in [6.45, 7) is 1.29. The minimum absolute atomic E-state index is 0.0902. The number of ether oxygens (including phenoxy) is 1. The Labute approximate surface area is 119 Å². The Morgan fingerprint density at radius 3 is 3.05 bits per heavy atom. The summed E-state index contributed by atoms with van der Waals surface area (Å²) < 4.78 is 5.23. The van der Waals surface area contributed by atoms with Crippen LogP contribution in [0.5, 0.6) is 5.75 Å². The van der Waals surface area contributed by atoms with Gasteiger partial charge >= 0.3 is 0 Å². The number of aliphatic hydroxyl groups is 1. The van der Waals surface area contributed by atoms with Gasteiger partial charge in [-0.2, -0.15) is 0 Å². The molecule has 108 valence electrons. The molecule has 1 amide bonds. The molecule has 1 aliphatic carbocycles. The number of carbonyl (C=O) groups excluding carboxylic acids is 1. The molecule has 0 bridgehead atoms. The second-order valence-corrected chi connectivity index (χ2v) is 5.81. The SMILES string of the molecule is COc1cccc(C2CC2C(=O)N2CCCC(O)C2)c1. The lowest BCUT2D eigenvalue weighted by Crippen LogP contribution is -2.43. The van der Waals surface area contributed by atoms with E-state index in [-0.39, 0.29) is 17.9 Å². The minimum atomic E-state index is -0.346. The van der Waals surface area contributed by atoms with Crippen LogP contribution in [0.4, 0.5) is 0 Å². The Morgan fingerprint density at radius 1 is 1.45 bits per heavy atom. The number of rotatable bonds is 3. The monoisotopic (exact) mass is 275 g/mol. The van der Waals surface area contributed by atoms with Gasteiger partial charge in [0.05, 0.1) is 13.2 Å². The number of likely N-dealkylation sites (tertiary alicyclic amines) is 1. The molecule has 0 radical (unpaired) electrons. The van der Waals surface area contributed by atoms with Crippen molar-refractivity contribution in [1.29, 1.82) is 0 Å². The number of aliphatic hydroxyl groups excluding tert-OH is 1. The third-order valence-electron chi connectivity index (χ3n) is 4.34. The summed E-state index contributed by atoms with van der Waals surface area (Å²) in [6.07, 6.45) is 2.29. The molecule has 1 aromatic carbocycles. The zero-order valence-corrected chi connectivity index (χ0v) is 11.8. The summed E-state index contributed by atoms with van der Waals surface area (Å²) in [5, 5.41) is 9.67. The zero-order valence-electron chi connectivity index (χ0n) is 11.8.